The number of benzene rings is 1. The average molecular weight is 593 g/mol. The Morgan fingerprint density at radius 2 is 1.51 bits per heavy atom. The van der Waals surface area contributed by atoms with Crippen molar-refractivity contribution in [3.8, 4) is 6.07 Å². The van der Waals surface area contributed by atoms with Crippen LogP contribution < -0.4 is 0 Å². The minimum atomic E-state index is -5.08. The van der Waals surface area contributed by atoms with Crippen LogP contribution in [0.3, 0.4) is 0 Å². The summed E-state index contributed by atoms with van der Waals surface area (Å²) in [6.07, 6.45) is -1.52. The summed E-state index contributed by atoms with van der Waals surface area (Å²) in [6, 6.07) is 7.97. The number of halogens is 6. The molecule has 0 unspecified atom stereocenters. The Balaban J connectivity index is 0.000000745. The molecule has 41 heavy (non-hydrogen) atoms. The number of carbonyl (C=O) groups is 2. The molecule has 1 aromatic carbocycles. The van der Waals surface area contributed by atoms with Crippen LogP contribution in [0.4, 0.5) is 26.3 Å². The molecule has 12 heteroatoms. The Morgan fingerprint density at radius 1 is 0.951 bits per heavy atom. The van der Waals surface area contributed by atoms with E-state index in [0.717, 1.165) is 50.0 Å². The number of carboxylic acid groups (broad SMARTS) is 2. The molecule has 2 aliphatic carbocycles. The van der Waals surface area contributed by atoms with Gasteiger partial charge in [-0.25, -0.2) is 4.79 Å². The van der Waals surface area contributed by atoms with E-state index in [0.29, 0.717) is 12.3 Å². The Bertz CT molecular complexity index is 1040. The molecule has 0 radical (unpaired) electrons. The summed E-state index contributed by atoms with van der Waals surface area (Å²) < 4.78 is 71.2. The molecule has 0 heterocycles. The maximum atomic E-state index is 13.1. The molecule has 2 aliphatic rings. The molecular weight excluding hydrogens is 554 g/mol. The topological polar surface area (TPSA) is 102 Å². The van der Waals surface area contributed by atoms with Gasteiger partial charge in [-0.1, -0.05) is 25.0 Å². The second kappa shape index (κ2) is 14.4. The number of aliphatic carboxylic acids is 2. The highest BCUT2D eigenvalue weighted by atomic mass is 19.4. The number of hydrogen-bond acceptors (Lipinski definition) is 4. The second-order valence-corrected chi connectivity index (χ2v) is 11.8. The number of nitrogens with zero attached hydrogens (tertiary/aromatic N) is 2. The molecular formula is C29H38F6N2O4. The Kier molecular flexibility index (Phi) is 12.1. The highest BCUT2D eigenvalue weighted by molar-refractivity contribution is 5.73. The Morgan fingerprint density at radius 3 is 1.98 bits per heavy atom. The standard InChI is InChI=1S/C27H37F3N2O2.C2HF3O2/c1-26(2,18-31)13-14-32(17-19-5-3-4-6-19)24-12-7-20(16-25(33)34)15-23(24)21-8-10-22(11-9-21)27(28,29)30;3-2(4,5)1(6)7/h8-11,19-20,23-24H,3-7,12-17H2,1-2H3,(H,33,34);(H,6,7)/t20-,23+,24-;/m1./s1. The molecule has 2 saturated carbocycles. The van der Waals surface area contributed by atoms with Gasteiger partial charge in [-0.3, -0.25) is 9.69 Å². The van der Waals surface area contributed by atoms with E-state index in [1.165, 1.54) is 25.7 Å². The maximum Gasteiger partial charge on any atom is 0.490 e. The first kappa shape index (κ1) is 34.4. The molecule has 3 rings (SSSR count). The van der Waals surface area contributed by atoms with Gasteiger partial charge >= 0.3 is 24.3 Å². The van der Waals surface area contributed by atoms with Gasteiger partial charge in [0.25, 0.3) is 0 Å². The molecule has 0 spiro atoms. The van der Waals surface area contributed by atoms with Crippen molar-refractivity contribution in [3.63, 3.8) is 0 Å². The van der Waals surface area contributed by atoms with Gasteiger partial charge in [0, 0.05) is 19.0 Å². The van der Waals surface area contributed by atoms with Gasteiger partial charge in [-0.15, -0.1) is 0 Å². The summed E-state index contributed by atoms with van der Waals surface area (Å²) in [5.74, 6) is -2.98. The molecule has 2 N–H and O–H groups in total. The number of hydrogen-bond donors (Lipinski definition) is 2. The lowest BCUT2D eigenvalue weighted by Crippen LogP contribution is -2.46. The highest BCUT2D eigenvalue weighted by Gasteiger charge is 2.39. The lowest BCUT2D eigenvalue weighted by molar-refractivity contribution is -0.192. The number of rotatable bonds is 9. The first-order valence-corrected chi connectivity index (χ1v) is 13.8. The summed E-state index contributed by atoms with van der Waals surface area (Å²) in [7, 11) is 0. The van der Waals surface area contributed by atoms with Crippen LogP contribution in [0.15, 0.2) is 24.3 Å². The fraction of sp³-hybridized carbons (Fsp3) is 0.690. The van der Waals surface area contributed by atoms with Gasteiger partial charge in [0.05, 0.1) is 17.0 Å². The van der Waals surface area contributed by atoms with Crippen molar-refractivity contribution in [3.05, 3.63) is 35.4 Å². The van der Waals surface area contributed by atoms with Crippen LogP contribution in [0.2, 0.25) is 0 Å². The highest BCUT2D eigenvalue weighted by Crippen LogP contribution is 2.42. The Hall–Kier alpha value is -2.81. The van der Waals surface area contributed by atoms with E-state index in [1.54, 1.807) is 12.1 Å². The molecule has 0 saturated heterocycles. The molecule has 6 nitrogen and oxygen atoms in total. The summed E-state index contributed by atoms with van der Waals surface area (Å²) in [5.41, 5.74) is -0.258. The van der Waals surface area contributed by atoms with Crippen molar-refractivity contribution in [2.24, 2.45) is 17.3 Å². The van der Waals surface area contributed by atoms with Gasteiger partial charge in [-0.05, 0) is 94.4 Å². The van der Waals surface area contributed by atoms with Gasteiger partial charge < -0.3 is 10.2 Å². The molecule has 230 valence electrons. The number of alkyl halides is 6. The predicted molar refractivity (Wildman–Crippen MR) is 139 cm³/mol. The first-order chi connectivity index (χ1) is 18.9. The van der Waals surface area contributed by atoms with Crippen LogP contribution in [-0.2, 0) is 15.8 Å². The third-order valence-corrected chi connectivity index (χ3v) is 8.06. The van der Waals surface area contributed by atoms with Gasteiger partial charge in [0.1, 0.15) is 0 Å². The van der Waals surface area contributed by atoms with Crippen molar-refractivity contribution < 1.29 is 46.1 Å². The Labute approximate surface area is 236 Å². The monoisotopic (exact) mass is 592 g/mol. The van der Waals surface area contributed by atoms with E-state index in [9.17, 15) is 41.5 Å². The quantitative estimate of drug-likeness (QED) is 0.288. The van der Waals surface area contributed by atoms with Crippen LogP contribution in [0.5, 0.6) is 0 Å². The fourth-order valence-electron chi connectivity index (χ4n) is 5.78. The molecule has 2 fully saturated rings. The minimum Gasteiger partial charge on any atom is -0.481 e. The SMILES string of the molecule is CC(C)(C#N)CCN(CC1CCCC1)[C@@H]1CC[C@@H](CC(=O)O)C[C@H]1c1ccc(C(F)(F)F)cc1.O=C(O)C(F)(F)F. The van der Waals surface area contributed by atoms with E-state index < -0.39 is 35.3 Å². The number of carboxylic acids is 2. The van der Waals surface area contributed by atoms with Crippen molar-refractivity contribution in [1.82, 2.24) is 4.90 Å². The zero-order valence-electron chi connectivity index (χ0n) is 23.3. The maximum absolute atomic E-state index is 13.1. The smallest absolute Gasteiger partial charge is 0.481 e. The van der Waals surface area contributed by atoms with Gasteiger partial charge in [-0.2, -0.15) is 31.6 Å². The van der Waals surface area contributed by atoms with Gasteiger partial charge in [0.2, 0.25) is 0 Å². The van der Waals surface area contributed by atoms with Crippen LogP contribution >= 0.6 is 0 Å². The molecule has 1 aromatic rings. The molecule has 0 amide bonds. The van der Waals surface area contributed by atoms with Gasteiger partial charge in [0.15, 0.2) is 0 Å². The summed E-state index contributed by atoms with van der Waals surface area (Å²) in [4.78, 5) is 22.8. The lowest BCUT2D eigenvalue weighted by atomic mass is 9.72. The summed E-state index contributed by atoms with van der Waals surface area (Å²) in [5, 5.41) is 26.0. The largest absolute Gasteiger partial charge is 0.490 e. The predicted octanol–water partition coefficient (Wildman–Crippen LogP) is 7.50. The van der Waals surface area contributed by atoms with Crippen LogP contribution in [0.25, 0.3) is 0 Å². The number of nitriles is 1. The van der Waals surface area contributed by atoms with Crippen molar-refractivity contribution >= 4 is 11.9 Å². The van der Waals surface area contributed by atoms with Crippen molar-refractivity contribution in [1.29, 1.82) is 5.26 Å². The molecule has 0 bridgehead atoms. The van der Waals surface area contributed by atoms with E-state index in [2.05, 4.69) is 11.0 Å². The normalized spacial score (nSPS) is 22.1. The van der Waals surface area contributed by atoms with Crippen LogP contribution in [0.1, 0.15) is 88.7 Å². The van der Waals surface area contributed by atoms with Crippen molar-refractivity contribution in [2.45, 2.75) is 95.9 Å². The zero-order chi connectivity index (χ0) is 31.0. The van der Waals surface area contributed by atoms with Crippen molar-refractivity contribution in [2.75, 3.05) is 13.1 Å². The molecule has 0 aromatic heterocycles. The third-order valence-electron chi connectivity index (χ3n) is 8.06. The third kappa shape index (κ3) is 11.2. The molecule has 0 aliphatic heterocycles. The van der Waals surface area contributed by atoms with Crippen LogP contribution in [-0.4, -0.2) is 52.4 Å². The fourth-order valence-corrected chi connectivity index (χ4v) is 5.78. The first-order valence-electron chi connectivity index (χ1n) is 13.8. The second-order valence-electron chi connectivity index (χ2n) is 11.8. The zero-order valence-corrected chi connectivity index (χ0v) is 23.3. The average Bonchev–Trinajstić information content (AvgIpc) is 3.39. The van der Waals surface area contributed by atoms with E-state index in [4.69, 9.17) is 9.90 Å². The lowest BCUT2D eigenvalue weighted by Gasteiger charge is -2.44. The minimum absolute atomic E-state index is 0.0184. The van der Waals surface area contributed by atoms with E-state index in [1.807, 2.05) is 13.8 Å². The summed E-state index contributed by atoms with van der Waals surface area (Å²) >= 11 is 0. The molecule has 3 atom stereocenters. The van der Waals surface area contributed by atoms with Crippen LogP contribution in [0, 0.1) is 28.6 Å². The van der Waals surface area contributed by atoms with E-state index >= 15 is 0 Å². The summed E-state index contributed by atoms with van der Waals surface area (Å²) in [6.45, 7) is 5.59. The van der Waals surface area contributed by atoms with E-state index in [-0.39, 0.29) is 24.3 Å².